The second-order valence-corrected chi connectivity index (χ2v) is 4.58. The SMILES string of the molecule is COC(=O)c1sccc1C1(N)CCC1. The maximum Gasteiger partial charge on any atom is 0.348 e. The third-order valence-electron chi connectivity index (χ3n) is 2.82. The molecule has 0 spiro atoms. The Morgan fingerprint density at radius 3 is 2.86 bits per heavy atom. The molecule has 76 valence electrons. The van der Waals surface area contributed by atoms with Gasteiger partial charge in [-0.2, -0.15) is 0 Å². The summed E-state index contributed by atoms with van der Waals surface area (Å²) in [5, 5.41) is 1.90. The second-order valence-electron chi connectivity index (χ2n) is 3.66. The van der Waals surface area contributed by atoms with Crippen LogP contribution in [0.2, 0.25) is 0 Å². The number of hydrogen-bond acceptors (Lipinski definition) is 4. The van der Waals surface area contributed by atoms with Crippen molar-refractivity contribution in [3.05, 3.63) is 21.9 Å². The van der Waals surface area contributed by atoms with Crippen LogP contribution in [0.4, 0.5) is 0 Å². The van der Waals surface area contributed by atoms with Gasteiger partial charge in [0.2, 0.25) is 0 Å². The molecule has 1 heterocycles. The van der Waals surface area contributed by atoms with E-state index in [2.05, 4.69) is 0 Å². The number of hydrogen-bond donors (Lipinski definition) is 1. The molecule has 0 amide bonds. The van der Waals surface area contributed by atoms with Crippen LogP contribution in [0.1, 0.15) is 34.5 Å². The molecule has 2 N–H and O–H groups in total. The summed E-state index contributed by atoms with van der Waals surface area (Å²) < 4.78 is 4.71. The van der Waals surface area contributed by atoms with Gasteiger partial charge >= 0.3 is 5.97 Å². The number of methoxy groups -OCH3 is 1. The molecule has 0 aliphatic heterocycles. The summed E-state index contributed by atoms with van der Waals surface area (Å²) in [5.74, 6) is -0.272. The Hall–Kier alpha value is -0.870. The summed E-state index contributed by atoms with van der Waals surface area (Å²) in [4.78, 5) is 12.1. The molecule has 0 atom stereocenters. The van der Waals surface area contributed by atoms with E-state index in [1.807, 2.05) is 11.4 Å². The summed E-state index contributed by atoms with van der Waals surface area (Å²) in [6.45, 7) is 0. The molecule has 1 aromatic rings. The van der Waals surface area contributed by atoms with Crippen molar-refractivity contribution in [1.82, 2.24) is 0 Å². The van der Waals surface area contributed by atoms with E-state index in [4.69, 9.17) is 10.5 Å². The number of carbonyl (C=O) groups excluding carboxylic acids is 1. The van der Waals surface area contributed by atoms with E-state index in [1.54, 1.807) is 0 Å². The smallest absolute Gasteiger partial charge is 0.348 e. The van der Waals surface area contributed by atoms with Crippen molar-refractivity contribution in [2.24, 2.45) is 5.73 Å². The quantitative estimate of drug-likeness (QED) is 0.760. The highest BCUT2D eigenvalue weighted by Crippen LogP contribution is 2.41. The van der Waals surface area contributed by atoms with Crippen LogP contribution >= 0.6 is 11.3 Å². The lowest BCUT2D eigenvalue weighted by Gasteiger charge is -2.38. The van der Waals surface area contributed by atoms with Crippen LogP contribution in [0.15, 0.2) is 11.4 Å². The maximum atomic E-state index is 11.4. The van der Waals surface area contributed by atoms with Crippen LogP contribution in [0, 0.1) is 0 Å². The Morgan fingerprint density at radius 2 is 2.36 bits per heavy atom. The van der Waals surface area contributed by atoms with Gasteiger partial charge in [-0.3, -0.25) is 0 Å². The Morgan fingerprint density at radius 1 is 1.64 bits per heavy atom. The van der Waals surface area contributed by atoms with Crippen molar-refractivity contribution in [2.75, 3.05) is 7.11 Å². The lowest BCUT2D eigenvalue weighted by Crippen LogP contribution is -2.43. The largest absolute Gasteiger partial charge is 0.465 e. The fourth-order valence-corrected chi connectivity index (χ4v) is 2.70. The predicted molar refractivity (Wildman–Crippen MR) is 55.4 cm³/mol. The molecular formula is C10H13NO2S. The summed E-state index contributed by atoms with van der Waals surface area (Å²) in [5.41, 5.74) is 6.85. The van der Waals surface area contributed by atoms with E-state index in [-0.39, 0.29) is 11.5 Å². The standard InChI is InChI=1S/C10H13NO2S/c1-13-9(12)8-7(3-6-14-8)10(11)4-2-5-10/h3,6H,2,4-5,11H2,1H3. The molecule has 0 aromatic carbocycles. The van der Waals surface area contributed by atoms with Crippen molar-refractivity contribution in [2.45, 2.75) is 24.8 Å². The molecule has 1 saturated carbocycles. The molecule has 0 bridgehead atoms. The fraction of sp³-hybridized carbons (Fsp3) is 0.500. The van der Waals surface area contributed by atoms with Gasteiger partial charge in [0.25, 0.3) is 0 Å². The molecule has 1 fully saturated rings. The highest BCUT2D eigenvalue weighted by molar-refractivity contribution is 7.12. The van der Waals surface area contributed by atoms with Gasteiger partial charge in [0, 0.05) is 5.54 Å². The third kappa shape index (κ3) is 1.35. The molecule has 0 radical (unpaired) electrons. The molecule has 0 saturated heterocycles. The number of thiophene rings is 1. The number of esters is 1. The van der Waals surface area contributed by atoms with Gasteiger partial charge in [-0.15, -0.1) is 11.3 Å². The van der Waals surface area contributed by atoms with Crippen LogP contribution in [-0.4, -0.2) is 13.1 Å². The van der Waals surface area contributed by atoms with Crippen molar-refractivity contribution < 1.29 is 9.53 Å². The van der Waals surface area contributed by atoms with Gasteiger partial charge in [0.15, 0.2) is 0 Å². The van der Waals surface area contributed by atoms with E-state index in [9.17, 15) is 4.79 Å². The number of ether oxygens (including phenoxy) is 1. The summed E-state index contributed by atoms with van der Waals surface area (Å²) in [6.07, 6.45) is 3.08. The summed E-state index contributed by atoms with van der Waals surface area (Å²) in [7, 11) is 1.40. The minimum Gasteiger partial charge on any atom is -0.465 e. The fourth-order valence-electron chi connectivity index (χ4n) is 1.78. The van der Waals surface area contributed by atoms with Gasteiger partial charge < -0.3 is 10.5 Å². The maximum absolute atomic E-state index is 11.4. The molecule has 4 heteroatoms. The van der Waals surface area contributed by atoms with Gasteiger partial charge in [-0.25, -0.2) is 4.79 Å². The van der Waals surface area contributed by atoms with E-state index in [0.29, 0.717) is 4.88 Å². The number of carbonyl (C=O) groups is 1. The van der Waals surface area contributed by atoms with E-state index < -0.39 is 0 Å². The highest BCUT2D eigenvalue weighted by atomic mass is 32.1. The highest BCUT2D eigenvalue weighted by Gasteiger charge is 2.38. The minimum absolute atomic E-state index is 0.272. The molecular weight excluding hydrogens is 198 g/mol. The summed E-state index contributed by atoms with van der Waals surface area (Å²) in [6, 6.07) is 1.94. The molecule has 1 aliphatic rings. The minimum atomic E-state index is -0.274. The van der Waals surface area contributed by atoms with Crippen molar-refractivity contribution in [3.63, 3.8) is 0 Å². The lowest BCUT2D eigenvalue weighted by molar-refractivity contribution is 0.0601. The van der Waals surface area contributed by atoms with E-state index in [1.165, 1.54) is 18.4 Å². The van der Waals surface area contributed by atoms with Crippen molar-refractivity contribution >= 4 is 17.3 Å². The lowest BCUT2D eigenvalue weighted by atomic mass is 9.73. The zero-order valence-corrected chi connectivity index (χ0v) is 8.89. The first-order chi connectivity index (χ1) is 6.67. The van der Waals surface area contributed by atoms with Crippen LogP contribution in [0.5, 0.6) is 0 Å². The monoisotopic (exact) mass is 211 g/mol. The van der Waals surface area contributed by atoms with Gasteiger partial charge in [0.1, 0.15) is 4.88 Å². The Balaban J connectivity index is 2.34. The molecule has 1 aliphatic carbocycles. The van der Waals surface area contributed by atoms with Gasteiger partial charge in [-0.1, -0.05) is 0 Å². The zero-order valence-electron chi connectivity index (χ0n) is 8.08. The topological polar surface area (TPSA) is 52.3 Å². The molecule has 14 heavy (non-hydrogen) atoms. The summed E-state index contributed by atoms with van der Waals surface area (Å²) >= 11 is 1.40. The Labute approximate surface area is 86.9 Å². The number of nitrogens with two attached hydrogens (primary N) is 1. The normalized spacial score (nSPS) is 18.7. The van der Waals surface area contributed by atoms with Crippen LogP contribution < -0.4 is 5.73 Å². The first-order valence-electron chi connectivity index (χ1n) is 4.62. The second kappa shape index (κ2) is 3.37. The van der Waals surface area contributed by atoms with Crippen molar-refractivity contribution in [3.8, 4) is 0 Å². The van der Waals surface area contributed by atoms with E-state index in [0.717, 1.165) is 24.8 Å². The Bertz CT molecular complexity index is 355. The van der Waals surface area contributed by atoms with Crippen LogP contribution in [0.25, 0.3) is 0 Å². The first kappa shape index (κ1) is 9.68. The first-order valence-corrected chi connectivity index (χ1v) is 5.50. The molecule has 1 aromatic heterocycles. The predicted octanol–water partition coefficient (Wildman–Crippen LogP) is 1.87. The molecule has 3 nitrogen and oxygen atoms in total. The zero-order chi connectivity index (χ0) is 10.2. The molecule has 0 unspecified atom stereocenters. The van der Waals surface area contributed by atoms with E-state index >= 15 is 0 Å². The third-order valence-corrected chi connectivity index (χ3v) is 3.71. The molecule has 2 rings (SSSR count). The van der Waals surface area contributed by atoms with Gasteiger partial charge in [0.05, 0.1) is 7.11 Å². The average Bonchev–Trinajstić information content (AvgIpc) is 2.61. The average molecular weight is 211 g/mol. The van der Waals surface area contributed by atoms with Gasteiger partial charge in [-0.05, 0) is 36.3 Å². The van der Waals surface area contributed by atoms with Crippen LogP contribution in [0.3, 0.4) is 0 Å². The number of rotatable bonds is 2. The van der Waals surface area contributed by atoms with Crippen molar-refractivity contribution in [1.29, 1.82) is 0 Å². The van der Waals surface area contributed by atoms with Crippen LogP contribution in [-0.2, 0) is 10.3 Å². The Kier molecular flexibility index (Phi) is 2.33.